The highest BCUT2D eigenvalue weighted by Crippen LogP contribution is 2.10. The number of nitrogens with one attached hydrogen (secondary N) is 2. The van der Waals surface area contributed by atoms with Crippen LogP contribution >= 0.6 is 0 Å². The van der Waals surface area contributed by atoms with Crippen LogP contribution < -0.4 is 5.32 Å². The zero-order valence-corrected chi connectivity index (χ0v) is 9.50. The average Bonchev–Trinajstić information content (AvgIpc) is 2.86. The fourth-order valence-electron chi connectivity index (χ4n) is 2.23. The third-order valence-corrected chi connectivity index (χ3v) is 3.14. The van der Waals surface area contributed by atoms with Crippen LogP contribution in [-0.2, 0) is 6.54 Å². The summed E-state index contributed by atoms with van der Waals surface area (Å²) in [5.41, 5.74) is 1.37. The van der Waals surface area contributed by atoms with Gasteiger partial charge in [-0.3, -0.25) is 0 Å². The van der Waals surface area contributed by atoms with Gasteiger partial charge in [0.2, 0.25) is 0 Å². The minimum absolute atomic E-state index is 0.763. The van der Waals surface area contributed by atoms with Gasteiger partial charge in [0.1, 0.15) is 0 Å². The maximum Gasteiger partial charge on any atom is 0.0245 e. The molecule has 0 spiro atoms. The van der Waals surface area contributed by atoms with E-state index in [-0.39, 0.29) is 0 Å². The zero-order valence-electron chi connectivity index (χ0n) is 9.50. The molecule has 1 saturated heterocycles. The second-order valence-corrected chi connectivity index (χ2v) is 4.54. The quantitative estimate of drug-likeness (QED) is 0.768. The number of hydrogen-bond donors (Lipinski definition) is 2. The summed E-state index contributed by atoms with van der Waals surface area (Å²) >= 11 is 0. The molecule has 84 valence electrons. The van der Waals surface area contributed by atoms with E-state index in [4.69, 9.17) is 0 Å². The summed E-state index contributed by atoms with van der Waals surface area (Å²) in [4.78, 5) is 5.49. The van der Waals surface area contributed by atoms with E-state index in [2.05, 4.69) is 34.5 Å². The molecule has 1 aromatic heterocycles. The van der Waals surface area contributed by atoms with Crippen molar-refractivity contribution in [2.45, 2.75) is 31.8 Å². The second-order valence-electron chi connectivity index (χ2n) is 4.54. The van der Waals surface area contributed by atoms with Gasteiger partial charge >= 0.3 is 0 Å². The van der Waals surface area contributed by atoms with Gasteiger partial charge in [-0.1, -0.05) is 0 Å². The Hall–Kier alpha value is -0.800. The Kier molecular flexibility index (Phi) is 3.80. The third kappa shape index (κ3) is 3.36. The Labute approximate surface area is 91.9 Å². The van der Waals surface area contributed by atoms with Crippen LogP contribution in [0.25, 0.3) is 0 Å². The number of rotatable bonds is 5. The summed E-state index contributed by atoms with van der Waals surface area (Å²) in [6.45, 7) is 3.45. The van der Waals surface area contributed by atoms with E-state index in [1.165, 1.54) is 37.9 Å². The van der Waals surface area contributed by atoms with Gasteiger partial charge in [0.05, 0.1) is 0 Å². The Bertz CT molecular complexity index is 262. The van der Waals surface area contributed by atoms with E-state index >= 15 is 0 Å². The Morgan fingerprint density at radius 1 is 1.53 bits per heavy atom. The highest BCUT2D eigenvalue weighted by Gasteiger charge is 2.14. The first-order chi connectivity index (χ1) is 7.34. The van der Waals surface area contributed by atoms with Gasteiger partial charge in [0, 0.05) is 25.0 Å². The fourth-order valence-corrected chi connectivity index (χ4v) is 2.23. The van der Waals surface area contributed by atoms with Crippen LogP contribution in [0, 0.1) is 0 Å². The van der Waals surface area contributed by atoms with Crippen molar-refractivity contribution in [1.29, 1.82) is 0 Å². The molecule has 1 aliphatic rings. The van der Waals surface area contributed by atoms with Crippen molar-refractivity contribution in [3.05, 3.63) is 24.0 Å². The Balaban J connectivity index is 1.66. The molecule has 3 heteroatoms. The van der Waals surface area contributed by atoms with Gasteiger partial charge < -0.3 is 15.2 Å². The topological polar surface area (TPSA) is 31.1 Å². The number of aromatic nitrogens is 1. The molecular weight excluding hydrogens is 186 g/mol. The van der Waals surface area contributed by atoms with Crippen molar-refractivity contribution in [2.75, 3.05) is 20.1 Å². The monoisotopic (exact) mass is 207 g/mol. The first-order valence-corrected chi connectivity index (χ1v) is 5.88. The van der Waals surface area contributed by atoms with Gasteiger partial charge in [-0.2, -0.15) is 0 Å². The first kappa shape index (κ1) is 10.7. The van der Waals surface area contributed by atoms with Crippen LogP contribution in [-0.4, -0.2) is 36.1 Å². The molecule has 0 saturated carbocycles. The van der Waals surface area contributed by atoms with E-state index in [0.717, 1.165) is 12.6 Å². The standard InChI is InChI=1S/C12H21N3/c1-15(10-11-4-7-13-9-11)8-5-12-3-2-6-14-12/h4,7,9,12-14H,2-3,5-6,8,10H2,1H3. The molecule has 15 heavy (non-hydrogen) atoms. The first-order valence-electron chi connectivity index (χ1n) is 5.88. The summed E-state index contributed by atoms with van der Waals surface area (Å²) in [6, 6.07) is 2.91. The van der Waals surface area contributed by atoms with Crippen molar-refractivity contribution < 1.29 is 0 Å². The molecule has 1 atom stereocenters. The lowest BCUT2D eigenvalue weighted by Crippen LogP contribution is -2.28. The van der Waals surface area contributed by atoms with Crippen molar-refractivity contribution >= 4 is 0 Å². The molecule has 1 unspecified atom stereocenters. The van der Waals surface area contributed by atoms with Crippen molar-refractivity contribution in [2.24, 2.45) is 0 Å². The van der Waals surface area contributed by atoms with Crippen molar-refractivity contribution in [3.8, 4) is 0 Å². The summed E-state index contributed by atoms with van der Waals surface area (Å²) in [6.07, 6.45) is 8.05. The van der Waals surface area contributed by atoms with E-state index in [1.54, 1.807) is 0 Å². The Morgan fingerprint density at radius 2 is 2.47 bits per heavy atom. The predicted molar refractivity (Wildman–Crippen MR) is 62.8 cm³/mol. The van der Waals surface area contributed by atoms with Gasteiger partial charge in [-0.05, 0) is 51.0 Å². The average molecular weight is 207 g/mol. The van der Waals surface area contributed by atoms with Crippen LogP contribution in [0.3, 0.4) is 0 Å². The lowest BCUT2D eigenvalue weighted by Gasteiger charge is -2.18. The number of nitrogens with zero attached hydrogens (tertiary/aromatic N) is 1. The fraction of sp³-hybridized carbons (Fsp3) is 0.667. The SMILES string of the molecule is CN(CCC1CCCN1)Cc1cc[nH]c1. The summed E-state index contributed by atoms with van der Waals surface area (Å²) in [5.74, 6) is 0. The summed E-state index contributed by atoms with van der Waals surface area (Å²) in [7, 11) is 2.20. The van der Waals surface area contributed by atoms with Gasteiger partial charge in [-0.25, -0.2) is 0 Å². The van der Waals surface area contributed by atoms with Crippen LogP contribution in [0.4, 0.5) is 0 Å². The maximum absolute atomic E-state index is 3.54. The number of H-pyrrole nitrogens is 1. The highest BCUT2D eigenvalue weighted by molar-refractivity contribution is 5.07. The predicted octanol–water partition coefficient (Wildman–Crippen LogP) is 1.59. The minimum atomic E-state index is 0.763. The molecule has 0 aliphatic carbocycles. The van der Waals surface area contributed by atoms with Crippen LogP contribution in [0.1, 0.15) is 24.8 Å². The Morgan fingerprint density at radius 3 is 3.13 bits per heavy atom. The number of aromatic amines is 1. The molecule has 0 amide bonds. The van der Waals surface area contributed by atoms with Crippen LogP contribution in [0.15, 0.2) is 18.5 Å². The lowest BCUT2D eigenvalue weighted by molar-refractivity contribution is 0.306. The lowest BCUT2D eigenvalue weighted by atomic mass is 10.1. The van der Waals surface area contributed by atoms with E-state index < -0.39 is 0 Å². The maximum atomic E-state index is 3.54. The van der Waals surface area contributed by atoms with Crippen LogP contribution in [0.5, 0.6) is 0 Å². The largest absolute Gasteiger partial charge is 0.367 e. The zero-order chi connectivity index (χ0) is 10.5. The van der Waals surface area contributed by atoms with Crippen LogP contribution in [0.2, 0.25) is 0 Å². The van der Waals surface area contributed by atoms with E-state index in [9.17, 15) is 0 Å². The molecule has 1 fully saturated rings. The minimum Gasteiger partial charge on any atom is -0.367 e. The molecule has 1 aliphatic heterocycles. The molecule has 0 bridgehead atoms. The normalized spacial score (nSPS) is 21.3. The van der Waals surface area contributed by atoms with Gasteiger partial charge in [0.15, 0.2) is 0 Å². The summed E-state index contributed by atoms with van der Waals surface area (Å²) in [5, 5.41) is 3.54. The van der Waals surface area contributed by atoms with Crippen molar-refractivity contribution in [3.63, 3.8) is 0 Å². The highest BCUT2D eigenvalue weighted by atomic mass is 15.1. The third-order valence-electron chi connectivity index (χ3n) is 3.14. The second kappa shape index (κ2) is 5.33. The molecule has 3 nitrogen and oxygen atoms in total. The molecular formula is C12H21N3. The molecule has 1 aromatic rings. The molecule has 2 heterocycles. The molecule has 2 N–H and O–H groups in total. The van der Waals surface area contributed by atoms with Gasteiger partial charge in [-0.15, -0.1) is 0 Å². The smallest absolute Gasteiger partial charge is 0.0245 e. The van der Waals surface area contributed by atoms with Gasteiger partial charge in [0.25, 0.3) is 0 Å². The van der Waals surface area contributed by atoms with E-state index in [0.29, 0.717) is 0 Å². The van der Waals surface area contributed by atoms with Crippen molar-refractivity contribution in [1.82, 2.24) is 15.2 Å². The summed E-state index contributed by atoms with van der Waals surface area (Å²) < 4.78 is 0. The molecule has 0 radical (unpaired) electrons. The number of hydrogen-bond acceptors (Lipinski definition) is 2. The molecule has 0 aromatic carbocycles. The molecule has 2 rings (SSSR count). The van der Waals surface area contributed by atoms with E-state index in [1.807, 2.05) is 6.20 Å².